The monoisotopic (exact) mass is 294 g/mol. The quantitative estimate of drug-likeness (QED) is 0.738. The first-order valence-electron chi connectivity index (χ1n) is 6.44. The number of rotatable bonds is 1. The molecule has 2 aromatic rings. The van der Waals surface area contributed by atoms with Gasteiger partial charge < -0.3 is 9.64 Å². The molecule has 2 aromatic heterocycles. The van der Waals surface area contributed by atoms with E-state index >= 15 is 0 Å². The van der Waals surface area contributed by atoms with Crippen LogP contribution in [0, 0.1) is 6.92 Å². The highest BCUT2D eigenvalue weighted by Crippen LogP contribution is 2.23. The average Bonchev–Trinajstić information content (AvgIpc) is 2.44. The predicted molar refractivity (Wildman–Crippen MR) is 77.6 cm³/mol. The zero-order valence-electron chi connectivity index (χ0n) is 11.4. The molecule has 0 atom stereocenters. The minimum absolute atomic E-state index is 0.0754. The van der Waals surface area contributed by atoms with Gasteiger partial charge in [0.1, 0.15) is 22.3 Å². The van der Waals surface area contributed by atoms with Crippen LogP contribution in [0.3, 0.4) is 0 Å². The van der Waals surface area contributed by atoms with Crippen molar-refractivity contribution in [3.05, 3.63) is 27.4 Å². The van der Waals surface area contributed by atoms with Gasteiger partial charge in [0.2, 0.25) is 0 Å². The zero-order valence-corrected chi connectivity index (χ0v) is 12.1. The van der Waals surface area contributed by atoms with Gasteiger partial charge in [-0.3, -0.25) is 9.36 Å². The van der Waals surface area contributed by atoms with Crippen molar-refractivity contribution in [2.24, 2.45) is 7.05 Å². The second kappa shape index (κ2) is 5.03. The number of fused-ring (bicyclic) bond motifs is 1. The number of anilines is 1. The van der Waals surface area contributed by atoms with E-state index in [4.69, 9.17) is 16.3 Å². The third kappa shape index (κ3) is 2.14. The summed E-state index contributed by atoms with van der Waals surface area (Å²) in [5, 5.41) is 1.07. The number of hydrogen-bond acceptors (Lipinski definition) is 5. The van der Waals surface area contributed by atoms with Crippen LogP contribution in [0.15, 0.2) is 10.9 Å². The minimum Gasteiger partial charge on any atom is -0.378 e. The number of nitrogens with zero attached hydrogens (tertiary/aromatic N) is 4. The summed E-state index contributed by atoms with van der Waals surface area (Å²) < 4.78 is 6.85. The smallest absolute Gasteiger partial charge is 0.275 e. The van der Waals surface area contributed by atoms with E-state index in [1.807, 2.05) is 4.90 Å². The Labute approximate surface area is 121 Å². The second-order valence-corrected chi connectivity index (χ2v) is 5.15. The lowest BCUT2D eigenvalue weighted by Crippen LogP contribution is -2.40. The lowest BCUT2D eigenvalue weighted by molar-refractivity contribution is 0.122. The van der Waals surface area contributed by atoms with Crippen molar-refractivity contribution in [1.82, 2.24) is 14.5 Å². The normalized spacial score (nSPS) is 15.8. The van der Waals surface area contributed by atoms with Crippen LogP contribution in [0.25, 0.3) is 11.0 Å². The van der Waals surface area contributed by atoms with Crippen molar-refractivity contribution >= 4 is 28.3 Å². The molecule has 3 heterocycles. The van der Waals surface area contributed by atoms with Crippen LogP contribution in [0.5, 0.6) is 0 Å². The molecule has 20 heavy (non-hydrogen) atoms. The summed E-state index contributed by atoms with van der Waals surface area (Å²) in [5.74, 6) is 0.552. The first-order chi connectivity index (χ1) is 9.58. The predicted octanol–water partition coefficient (Wildman–Crippen LogP) is 1.13. The SMILES string of the molecule is Cc1nc(Cl)c2cc(N3CCOCC3)c(=O)n(C)c2n1. The van der Waals surface area contributed by atoms with Crippen molar-refractivity contribution in [2.45, 2.75) is 6.92 Å². The number of pyridine rings is 1. The molecule has 1 aliphatic rings. The Morgan fingerprint density at radius 1 is 1.30 bits per heavy atom. The van der Waals surface area contributed by atoms with E-state index in [0.29, 0.717) is 54.0 Å². The molecule has 0 unspecified atom stereocenters. The van der Waals surface area contributed by atoms with E-state index in [1.54, 1.807) is 20.0 Å². The zero-order chi connectivity index (χ0) is 14.3. The number of aromatic nitrogens is 3. The van der Waals surface area contributed by atoms with Gasteiger partial charge in [-0.2, -0.15) is 0 Å². The fourth-order valence-corrected chi connectivity index (χ4v) is 2.67. The van der Waals surface area contributed by atoms with Gasteiger partial charge in [0, 0.05) is 20.1 Å². The number of morpholine rings is 1. The van der Waals surface area contributed by atoms with Crippen molar-refractivity contribution in [3.63, 3.8) is 0 Å². The van der Waals surface area contributed by atoms with Gasteiger partial charge in [-0.1, -0.05) is 11.6 Å². The number of ether oxygens (including phenoxy) is 1. The minimum atomic E-state index is -0.0754. The van der Waals surface area contributed by atoms with Gasteiger partial charge >= 0.3 is 0 Å². The molecule has 0 aromatic carbocycles. The molecular weight excluding hydrogens is 280 g/mol. The molecule has 0 saturated carbocycles. The molecule has 6 nitrogen and oxygen atoms in total. The maximum absolute atomic E-state index is 12.5. The lowest BCUT2D eigenvalue weighted by Gasteiger charge is -2.28. The summed E-state index contributed by atoms with van der Waals surface area (Å²) in [6.45, 7) is 4.40. The van der Waals surface area contributed by atoms with Crippen molar-refractivity contribution < 1.29 is 4.74 Å². The summed E-state index contributed by atoms with van der Waals surface area (Å²) in [6.07, 6.45) is 0. The molecule has 1 saturated heterocycles. The third-order valence-corrected chi connectivity index (χ3v) is 3.75. The highest BCUT2D eigenvalue weighted by atomic mass is 35.5. The van der Waals surface area contributed by atoms with Crippen LogP contribution in [0.4, 0.5) is 5.69 Å². The van der Waals surface area contributed by atoms with Gasteiger partial charge in [0.15, 0.2) is 0 Å². The standard InChI is InChI=1S/C13H15ClN4O2/c1-8-15-11(14)9-7-10(18-3-5-20-6-4-18)13(19)17(2)12(9)16-8/h7H,3-6H2,1-2H3. The molecule has 0 bridgehead atoms. The Morgan fingerprint density at radius 3 is 2.70 bits per heavy atom. The van der Waals surface area contributed by atoms with E-state index in [0.717, 1.165) is 0 Å². The van der Waals surface area contributed by atoms with Crippen LogP contribution in [-0.2, 0) is 11.8 Å². The van der Waals surface area contributed by atoms with Gasteiger partial charge in [0.05, 0.1) is 18.6 Å². The molecule has 0 spiro atoms. The Morgan fingerprint density at radius 2 is 2.00 bits per heavy atom. The molecule has 1 aliphatic heterocycles. The van der Waals surface area contributed by atoms with Crippen LogP contribution in [0.1, 0.15) is 5.82 Å². The highest BCUT2D eigenvalue weighted by Gasteiger charge is 2.18. The van der Waals surface area contributed by atoms with E-state index in [2.05, 4.69) is 9.97 Å². The van der Waals surface area contributed by atoms with Gasteiger partial charge in [-0.05, 0) is 13.0 Å². The van der Waals surface area contributed by atoms with Gasteiger partial charge in [-0.25, -0.2) is 9.97 Å². The Balaban J connectivity index is 2.24. The largest absolute Gasteiger partial charge is 0.378 e. The van der Waals surface area contributed by atoms with Crippen molar-refractivity contribution in [2.75, 3.05) is 31.2 Å². The first-order valence-corrected chi connectivity index (χ1v) is 6.82. The molecule has 7 heteroatoms. The first kappa shape index (κ1) is 13.3. The third-order valence-electron chi connectivity index (χ3n) is 3.47. The maximum atomic E-state index is 12.5. The second-order valence-electron chi connectivity index (χ2n) is 4.79. The number of halogens is 1. The van der Waals surface area contributed by atoms with Crippen molar-refractivity contribution in [3.8, 4) is 0 Å². The fraction of sp³-hybridized carbons (Fsp3) is 0.462. The Bertz CT molecular complexity index is 722. The van der Waals surface area contributed by atoms with Crippen LogP contribution >= 0.6 is 11.6 Å². The van der Waals surface area contributed by atoms with Crippen LogP contribution in [0.2, 0.25) is 5.15 Å². The topological polar surface area (TPSA) is 60.3 Å². The van der Waals surface area contributed by atoms with Crippen molar-refractivity contribution in [1.29, 1.82) is 0 Å². The van der Waals surface area contributed by atoms with E-state index < -0.39 is 0 Å². The summed E-state index contributed by atoms with van der Waals surface area (Å²) >= 11 is 6.19. The summed E-state index contributed by atoms with van der Waals surface area (Å²) in [4.78, 5) is 23.0. The van der Waals surface area contributed by atoms with Crippen LogP contribution < -0.4 is 10.5 Å². The molecule has 0 amide bonds. The Hall–Kier alpha value is -1.66. The Kier molecular flexibility index (Phi) is 3.35. The molecule has 0 aliphatic carbocycles. The molecule has 0 radical (unpaired) electrons. The molecule has 0 N–H and O–H groups in total. The van der Waals surface area contributed by atoms with Crippen LogP contribution in [-0.4, -0.2) is 40.8 Å². The molecule has 3 rings (SSSR count). The van der Waals surface area contributed by atoms with E-state index in [1.165, 1.54) is 4.57 Å². The molecule has 106 valence electrons. The highest BCUT2D eigenvalue weighted by molar-refractivity contribution is 6.34. The molecule has 1 fully saturated rings. The average molecular weight is 295 g/mol. The fourth-order valence-electron chi connectivity index (χ4n) is 2.41. The lowest BCUT2D eigenvalue weighted by atomic mass is 10.2. The van der Waals surface area contributed by atoms with E-state index in [-0.39, 0.29) is 5.56 Å². The number of hydrogen-bond donors (Lipinski definition) is 0. The maximum Gasteiger partial charge on any atom is 0.275 e. The summed E-state index contributed by atoms with van der Waals surface area (Å²) in [7, 11) is 1.71. The summed E-state index contributed by atoms with van der Waals surface area (Å²) in [6, 6.07) is 1.78. The van der Waals surface area contributed by atoms with E-state index in [9.17, 15) is 4.79 Å². The van der Waals surface area contributed by atoms with Gasteiger partial charge in [-0.15, -0.1) is 0 Å². The molecular formula is C13H15ClN4O2. The summed E-state index contributed by atoms with van der Waals surface area (Å²) in [5.41, 5.74) is 1.11. The van der Waals surface area contributed by atoms with Gasteiger partial charge in [0.25, 0.3) is 5.56 Å². The number of aryl methyl sites for hydroxylation is 2.